The molecule has 0 bridgehead atoms. The van der Waals surface area contributed by atoms with Crippen molar-refractivity contribution in [2.24, 2.45) is 5.92 Å². The molecule has 3 N–H and O–H groups in total. The number of hydrogen-bond acceptors (Lipinski definition) is 5. The molecule has 0 unspecified atom stereocenters. The number of sulfonamides is 1. The molecule has 1 saturated carbocycles. The highest BCUT2D eigenvalue weighted by Crippen LogP contribution is 2.30. The van der Waals surface area contributed by atoms with Crippen molar-refractivity contribution in [1.82, 2.24) is 4.31 Å². The van der Waals surface area contributed by atoms with Gasteiger partial charge in [0.15, 0.2) is 0 Å². The molecule has 2 aromatic rings. The van der Waals surface area contributed by atoms with E-state index in [1.54, 1.807) is 12.1 Å². The fourth-order valence-corrected chi connectivity index (χ4v) is 3.40. The van der Waals surface area contributed by atoms with Crippen LogP contribution < -0.4 is 10.6 Å². The Balaban J connectivity index is 1.74. The number of nitrogens with zero attached hydrogens (tertiary/aromatic N) is 1. The molecule has 9 heteroatoms. The molecule has 0 heterocycles. The van der Waals surface area contributed by atoms with Crippen molar-refractivity contribution in [1.29, 1.82) is 0 Å². The minimum absolute atomic E-state index is 0.0148. The first-order valence-electron chi connectivity index (χ1n) is 8.66. The van der Waals surface area contributed by atoms with Gasteiger partial charge in [-0.2, -0.15) is 0 Å². The molecule has 1 aliphatic carbocycles. The summed E-state index contributed by atoms with van der Waals surface area (Å²) in [7, 11) is -0.919. The van der Waals surface area contributed by atoms with E-state index >= 15 is 0 Å². The van der Waals surface area contributed by atoms with Gasteiger partial charge in [0.25, 0.3) is 5.91 Å². The van der Waals surface area contributed by atoms with Crippen molar-refractivity contribution < 1.29 is 23.1 Å². The summed E-state index contributed by atoms with van der Waals surface area (Å²) in [4.78, 5) is 24.2. The van der Waals surface area contributed by atoms with Crippen LogP contribution in [0.3, 0.4) is 0 Å². The first-order chi connectivity index (χ1) is 13.2. The normalized spacial score (nSPS) is 14.0. The molecule has 0 saturated heterocycles. The molecule has 148 valence electrons. The maximum Gasteiger partial charge on any atom is 0.255 e. The number of hydrogen-bond donors (Lipinski definition) is 3. The van der Waals surface area contributed by atoms with Crippen LogP contribution in [-0.2, 0) is 14.8 Å². The average Bonchev–Trinajstić information content (AvgIpc) is 3.49. The molecule has 28 heavy (non-hydrogen) atoms. The van der Waals surface area contributed by atoms with Crippen LogP contribution in [0.2, 0.25) is 0 Å². The number of anilines is 2. The molecule has 2 aromatic carbocycles. The number of carbonyl (C=O) groups is 2. The third-order valence-electron chi connectivity index (χ3n) is 4.36. The lowest BCUT2D eigenvalue weighted by Crippen LogP contribution is -2.22. The molecule has 1 aliphatic rings. The highest BCUT2D eigenvalue weighted by atomic mass is 32.2. The fourth-order valence-electron chi connectivity index (χ4n) is 2.48. The van der Waals surface area contributed by atoms with Crippen LogP contribution in [0.5, 0.6) is 5.75 Å². The van der Waals surface area contributed by atoms with Gasteiger partial charge in [-0.3, -0.25) is 9.59 Å². The third kappa shape index (κ3) is 4.32. The van der Waals surface area contributed by atoms with Crippen LogP contribution in [0.15, 0.2) is 47.4 Å². The molecule has 0 spiro atoms. The lowest BCUT2D eigenvalue weighted by atomic mass is 10.2. The minimum Gasteiger partial charge on any atom is -0.506 e. The van der Waals surface area contributed by atoms with Gasteiger partial charge in [-0.05, 0) is 55.3 Å². The van der Waals surface area contributed by atoms with Gasteiger partial charge in [0.2, 0.25) is 15.9 Å². The van der Waals surface area contributed by atoms with Gasteiger partial charge in [-0.25, -0.2) is 12.7 Å². The highest BCUT2D eigenvalue weighted by molar-refractivity contribution is 7.89. The summed E-state index contributed by atoms with van der Waals surface area (Å²) in [6, 6.07) is 9.97. The Hall–Kier alpha value is -2.91. The predicted molar refractivity (Wildman–Crippen MR) is 105 cm³/mol. The van der Waals surface area contributed by atoms with E-state index in [-0.39, 0.29) is 28.2 Å². The standard InChI is InChI=1S/C19H21N3O5S/c1-22(2)28(26,27)15-9-10-17(23)16(11-15)21-19(25)13-5-7-14(8-6-13)20-18(24)12-3-4-12/h5-12,23H,3-4H2,1-2H3,(H,20,24)(H,21,25). The van der Waals surface area contributed by atoms with Crippen LogP contribution in [0.1, 0.15) is 23.2 Å². The van der Waals surface area contributed by atoms with Crippen LogP contribution in [0, 0.1) is 5.92 Å². The van der Waals surface area contributed by atoms with Crippen molar-refractivity contribution in [2.45, 2.75) is 17.7 Å². The van der Waals surface area contributed by atoms with Crippen molar-refractivity contribution in [3.05, 3.63) is 48.0 Å². The van der Waals surface area contributed by atoms with E-state index in [4.69, 9.17) is 0 Å². The Kier molecular flexibility index (Phi) is 5.39. The molecule has 0 atom stereocenters. The topological polar surface area (TPSA) is 116 Å². The minimum atomic E-state index is -3.71. The van der Waals surface area contributed by atoms with Gasteiger partial charge in [0.05, 0.1) is 10.6 Å². The Morgan fingerprint density at radius 2 is 1.68 bits per heavy atom. The zero-order chi connectivity index (χ0) is 20.5. The molecule has 0 aliphatic heterocycles. The van der Waals surface area contributed by atoms with Crippen molar-refractivity contribution >= 4 is 33.2 Å². The number of nitrogens with one attached hydrogen (secondary N) is 2. The number of phenolic OH excluding ortho intramolecular Hbond substituents is 1. The molecule has 1 fully saturated rings. The number of amides is 2. The van der Waals surface area contributed by atoms with E-state index in [2.05, 4.69) is 10.6 Å². The Bertz CT molecular complexity index is 1010. The van der Waals surface area contributed by atoms with E-state index < -0.39 is 15.9 Å². The van der Waals surface area contributed by atoms with Gasteiger partial charge < -0.3 is 15.7 Å². The second-order valence-corrected chi connectivity index (χ2v) is 8.91. The number of carbonyl (C=O) groups excluding carboxylic acids is 2. The van der Waals surface area contributed by atoms with Gasteiger partial charge in [-0.1, -0.05) is 0 Å². The van der Waals surface area contributed by atoms with E-state index in [0.717, 1.165) is 17.1 Å². The highest BCUT2D eigenvalue weighted by Gasteiger charge is 2.29. The lowest BCUT2D eigenvalue weighted by Gasteiger charge is -2.14. The maximum atomic E-state index is 12.4. The second kappa shape index (κ2) is 7.61. The SMILES string of the molecule is CN(C)S(=O)(=O)c1ccc(O)c(NC(=O)c2ccc(NC(=O)C3CC3)cc2)c1. The molecule has 0 radical (unpaired) electrons. The molecule has 0 aromatic heterocycles. The first-order valence-corrected chi connectivity index (χ1v) is 10.1. The van der Waals surface area contributed by atoms with Crippen LogP contribution in [0.25, 0.3) is 0 Å². The van der Waals surface area contributed by atoms with Crippen LogP contribution >= 0.6 is 0 Å². The number of benzene rings is 2. The quantitative estimate of drug-likeness (QED) is 0.640. The van der Waals surface area contributed by atoms with Gasteiger partial charge in [-0.15, -0.1) is 0 Å². The van der Waals surface area contributed by atoms with E-state index in [1.807, 2.05) is 0 Å². The molecule has 3 rings (SSSR count). The first kappa shape index (κ1) is 19.8. The fraction of sp³-hybridized carbons (Fsp3) is 0.263. The van der Waals surface area contributed by atoms with Crippen LogP contribution in [0.4, 0.5) is 11.4 Å². The summed E-state index contributed by atoms with van der Waals surface area (Å²) in [5, 5.41) is 15.3. The summed E-state index contributed by atoms with van der Waals surface area (Å²) in [5.74, 6) is -0.716. The van der Waals surface area contributed by atoms with Crippen LogP contribution in [-0.4, -0.2) is 43.7 Å². The van der Waals surface area contributed by atoms with Crippen molar-refractivity contribution in [3.63, 3.8) is 0 Å². The average molecular weight is 403 g/mol. The zero-order valence-electron chi connectivity index (χ0n) is 15.5. The van der Waals surface area contributed by atoms with Crippen molar-refractivity contribution in [3.8, 4) is 5.75 Å². The van der Waals surface area contributed by atoms with Gasteiger partial charge in [0.1, 0.15) is 5.75 Å². The summed E-state index contributed by atoms with van der Waals surface area (Å²) in [6.07, 6.45) is 1.80. The van der Waals surface area contributed by atoms with Gasteiger partial charge in [0, 0.05) is 31.3 Å². The molecule has 2 amide bonds. The monoisotopic (exact) mass is 403 g/mol. The van der Waals surface area contributed by atoms with E-state index in [0.29, 0.717) is 11.3 Å². The van der Waals surface area contributed by atoms with Gasteiger partial charge >= 0.3 is 0 Å². The molecular formula is C19H21N3O5S. The summed E-state index contributed by atoms with van der Waals surface area (Å²) >= 11 is 0. The largest absolute Gasteiger partial charge is 0.506 e. The number of phenols is 1. The molecular weight excluding hydrogens is 382 g/mol. The Morgan fingerprint density at radius 1 is 1.04 bits per heavy atom. The number of aromatic hydroxyl groups is 1. The lowest BCUT2D eigenvalue weighted by molar-refractivity contribution is -0.117. The smallest absolute Gasteiger partial charge is 0.255 e. The Labute approximate surface area is 163 Å². The number of rotatable bonds is 6. The summed E-state index contributed by atoms with van der Waals surface area (Å²) in [5.41, 5.74) is 0.874. The van der Waals surface area contributed by atoms with E-state index in [9.17, 15) is 23.1 Å². The van der Waals surface area contributed by atoms with E-state index in [1.165, 1.54) is 44.4 Å². The zero-order valence-corrected chi connectivity index (χ0v) is 16.3. The summed E-state index contributed by atoms with van der Waals surface area (Å²) < 4.78 is 25.5. The molecule has 8 nitrogen and oxygen atoms in total. The second-order valence-electron chi connectivity index (χ2n) is 6.76. The predicted octanol–water partition coefficient (Wildman–Crippen LogP) is 2.24. The maximum absolute atomic E-state index is 12.4. The Morgan fingerprint density at radius 3 is 2.25 bits per heavy atom. The third-order valence-corrected chi connectivity index (χ3v) is 6.17. The van der Waals surface area contributed by atoms with Crippen molar-refractivity contribution in [2.75, 3.05) is 24.7 Å². The summed E-state index contributed by atoms with van der Waals surface area (Å²) in [6.45, 7) is 0.